The smallest absolute Gasteiger partial charge is 0.245 e. The Morgan fingerprint density at radius 1 is 1.27 bits per heavy atom. The van der Waals surface area contributed by atoms with Gasteiger partial charge in [-0.05, 0) is 18.2 Å². The number of aromatic amines is 1. The predicted molar refractivity (Wildman–Crippen MR) is 51.5 cm³/mol. The van der Waals surface area contributed by atoms with Gasteiger partial charge in [-0.15, -0.1) is 0 Å². The summed E-state index contributed by atoms with van der Waals surface area (Å²) in [6.45, 7) is 0. The second-order valence-electron chi connectivity index (χ2n) is 3.10. The van der Waals surface area contributed by atoms with Crippen molar-refractivity contribution in [2.45, 2.75) is 0 Å². The highest BCUT2D eigenvalue weighted by Crippen LogP contribution is 2.22. The Bertz CT molecular complexity index is 600. The molecule has 5 heteroatoms. The average Bonchev–Trinajstić information content (AvgIpc) is 2.84. The van der Waals surface area contributed by atoms with Gasteiger partial charge in [0.15, 0.2) is 5.58 Å². The van der Waals surface area contributed by atoms with Gasteiger partial charge in [-0.1, -0.05) is 0 Å². The van der Waals surface area contributed by atoms with Crippen LogP contribution in [0.3, 0.4) is 0 Å². The number of hydrogen-bond acceptors (Lipinski definition) is 3. The average molecular weight is 203 g/mol. The molecule has 1 N–H and O–H groups in total. The van der Waals surface area contributed by atoms with E-state index < -0.39 is 0 Å². The van der Waals surface area contributed by atoms with Crippen molar-refractivity contribution >= 4 is 11.1 Å². The molecular formula is C10H6FN3O. The van der Waals surface area contributed by atoms with E-state index in [9.17, 15) is 4.39 Å². The number of halogens is 1. The maximum Gasteiger partial charge on any atom is 0.245 e. The molecule has 2 heterocycles. The van der Waals surface area contributed by atoms with Crippen molar-refractivity contribution in [3.63, 3.8) is 0 Å². The molecule has 1 aromatic carbocycles. The van der Waals surface area contributed by atoms with E-state index in [1.54, 1.807) is 18.3 Å². The third-order valence-corrected chi connectivity index (χ3v) is 2.08. The van der Waals surface area contributed by atoms with Crippen LogP contribution in [-0.2, 0) is 0 Å². The van der Waals surface area contributed by atoms with Crippen LogP contribution in [0, 0.1) is 5.82 Å². The van der Waals surface area contributed by atoms with E-state index in [2.05, 4.69) is 15.2 Å². The molecule has 0 saturated carbocycles. The van der Waals surface area contributed by atoms with E-state index in [0.29, 0.717) is 22.7 Å². The molecule has 0 aliphatic heterocycles. The van der Waals surface area contributed by atoms with Gasteiger partial charge in [0.05, 0.1) is 0 Å². The minimum atomic E-state index is -0.327. The Labute approximate surface area is 83.7 Å². The molecule has 0 unspecified atom stereocenters. The molecule has 0 spiro atoms. The molecule has 0 aliphatic carbocycles. The molecule has 74 valence electrons. The maximum absolute atomic E-state index is 12.9. The standard InChI is InChI=1S/C10H6FN3O/c11-6-1-2-9-8(5-6)13-10(15-9)7-3-4-12-14-7/h1-5H,(H,12,14). The SMILES string of the molecule is Fc1ccc2oc(-c3ccn[nH]3)nc2c1. The summed E-state index contributed by atoms with van der Waals surface area (Å²) in [6, 6.07) is 5.96. The molecule has 0 amide bonds. The highest BCUT2D eigenvalue weighted by atomic mass is 19.1. The third-order valence-electron chi connectivity index (χ3n) is 2.08. The first-order chi connectivity index (χ1) is 7.33. The van der Waals surface area contributed by atoms with E-state index in [-0.39, 0.29) is 5.82 Å². The van der Waals surface area contributed by atoms with Crippen LogP contribution in [0.2, 0.25) is 0 Å². The van der Waals surface area contributed by atoms with Crippen molar-refractivity contribution in [2.24, 2.45) is 0 Å². The molecule has 3 rings (SSSR count). The molecule has 0 atom stereocenters. The number of benzene rings is 1. The van der Waals surface area contributed by atoms with Crippen molar-refractivity contribution in [3.8, 4) is 11.6 Å². The number of rotatable bonds is 1. The molecule has 0 saturated heterocycles. The minimum Gasteiger partial charge on any atom is -0.435 e. The number of fused-ring (bicyclic) bond motifs is 1. The van der Waals surface area contributed by atoms with Crippen molar-refractivity contribution in [1.82, 2.24) is 15.2 Å². The maximum atomic E-state index is 12.9. The van der Waals surface area contributed by atoms with Gasteiger partial charge in [0.1, 0.15) is 17.0 Å². The second-order valence-corrected chi connectivity index (χ2v) is 3.10. The molecule has 0 aliphatic rings. The quantitative estimate of drug-likeness (QED) is 0.660. The lowest BCUT2D eigenvalue weighted by atomic mass is 10.3. The molecule has 2 aromatic heterocycles. The summed E-state index contributed by atoms with van der Waals surface area (Å²) in [5, 5.41) is 6.52. The zero-order valence-corrected chi connectivity index (χ0v) is 7.57. The van der Waals surface area contributed by atoms with E-state index in [1.165, 1.54) is 12.1 Å². The van der Waals surface area contributed by atoms with Gasteiger partial charge in [0.25, 0.3) is 0 Å². The Balaban J connectivity index is 2.22. The summed E-state index contributed by atoms with van der Waals surface area (Å²) < 4.78 is 18.3. The monoisotopic (exact) mass is 203 g/mol. The van der Waals surface area contributed by atoms with E-state index in [4.69, 9.17) is 4.42 Å². The zero-order chi connectivity index (χ0) is 10.3. The van der Waals surface area contributed by atoms with Crippen molar-refractivity contribution < 1.29 is 8.81 Å². The van der Waals surface area contributed by atoms with Crippen LogP contribution in [0.4, 0.5) is 4.39 Å². The Morgan fingerprint density at radius 2 is 2.20 bits per heavy atom. The van der Waals surface area contributed by atoms with Crippen molar-refractivity contribution in [1.29, 1.82) is 0 Å². The van der Waals surface area contributed by atoms with Gasteiger partial charge < -0.3 is 4.42 Å². The number of aromatic nitrogens is 3. The zero-order valence-electron chi connectivity index (χ0n) is 7.57. The Morgan fingerprint density at radius 3 is 3.00 bits per heavy atom. The van der Waals surface area contributed by atoms with Crippen LogP contribution in [-0.4, -0.2) is 15.2 Å². The van der Waals surface area contributed by atoms with Gasteiger partial charge in [0, 0.05) is 12.3 Å². The highest BCUT2D eigenvalue weighted by molar-refractivity contribution is 5.75. The first kappa shape index (κ1) is 8.16. The normalized spacial score (nSPS) is 11.0. The van der Waals surface area contributed by atoms with Crippen LogP contribution in [0.25, 0.3) is 22.7 Å². The van der Waals surface area contributed by atoms with Crippen LogP contribution < -0.4 is 0 Å². The predicted octanol–water partition coefficient (Wildman–Crippen LogP) is 2.36. The lowest BCUT2D eigenvalue weighted by molar-refractivity contribution is 0.611. The molecule has 3 aromatic rings. The van der Waals surface area contributed by atoms with Gasteiger partial charge in [0.2, 0.25) is 5.89 Å². The summed E-state index contributed by atoms with van der Waals surface area (Å²) in [4.78, 5) is 4.14. The lowest BCUT2D eigenvalue weighted by Gasteiger charge is -1.85. The fourth-order valence-electron chi connectivity index (χ4n) is 1.39. The molecule has 0 radical (unpaired) electrons. The van der Waals surface area contributed by atoms with E-state index in [1.807, 2.05) is 0 Å². The summed E-state index contributed by atoms with van der Waals surface area (Å²) in [5.41, 5.74) is 1.73. The fourth-order valence-corrected chi connectivity index (χ4v) is 1.39. The molecule has 0 fully saturated rings. The summed E-state index contributed by atoms with van der Waals surface area (Å²) in [5.74, 6) is 0.0834. The largest absolute Gasteiger partial charge is 0.435 e. The fraction of sp³-hybridized carbons (Fsp3) is 0. The summed E-state index contributed by atoms with van der Waals surface area (Å²) in [6.07, 6.45) is 1.60. The van der Waals surface area contributed by atoms with Crippen LogP contribution in [0.5, 0.6) is 0 Å². The number of H-pyrrole nitrogens is 1. The second kappa shape index (κ2) is 2.91. The topological polar surface area (TPSA) is 54.7 Å². The first-order valence-corrected chi connectivity index (χ1v) is 4.39. The summed E-state index contributed by atoms with van der Waals surface area (Å²) in [7, 11) is 0. The molecule has 0 bridgehead atoms. The number of nitrogens with one attached hydrogen (secondary N) is 1. The van der Waals surface area contributed by atoms with E-state index in [0.717, 1.165) is 0 Å². The number of oxazole rings is 1. The Hall–Kier alpha value is -2.17. The summed E-state index contributed by atoms with van der Waals surface area (Å²) >= 11 is 0. The van der Waals surface area contributed by atoms with Crippen LogP contribution in [0.1, 0.15) is 0 Å². The number of nitrogens with zero attached hydrogens (tertiary/aromatic N) is 2. The molecule has 4 nitrogen and oxygen atoms in total. The minimum absolute atomic E-state index is 0.327. The Kier molecular flexibility index (Phi) is 1.58. The van der Waals surface area contributed by atoms with Crippen molar-refractivity contribution in [3.05, 3.63) is 36.3 Å². The molecule has 15 heavy (non-hydrogen) atoms. The van der Waals surface area contributed by atoms with Gasteiger partial charge in [-0.25, -0.2) is 9.37 Å². The van der Waals surface area contributed by atoms with E-state index >= 15 is 0 Å². The lowest BCUT2D eigenvalue weighted by Crippen LogP contribution is -1.76. The van der Waals surface area contributed by atoms with Gasteiger partial charge in [-0.2, -0.15) is 5.10 Å². The number of hydrogen-bond donors (Lipinski definition) is 1. The first-order valence-electron chi connectivity index (χ1n) is 4.39. The highest BCUT2D eigenvalue weighted by Gasteiger charge is 2.09. The van der Waals surface area contributed by atoms with Crippen LogP contribution >= 0.6 is 0 Å². The van der Waals surface area contributed by atoms with Gasteiger partial charge in [-0.3, -0.25) is 5.10 Å². The van der Waals surface area contributed by atoms with Crippen molar-refractivity contribution in [2.75, 3.05) is 0 Å². The third kappa shape index (κ3) is 1.28. The van der Waals surface area contributed by atoms with Crippen LogP contribution in [0.15, 0.2) is 34.9 Å². The molecular weight excluding hydrogens is 197 g/mol. The van der Waals surface area contributed by atoms with Gasteiger partial charge >= 0.3 is 0 Å².